The number of fused-ring (bicyclic) bond motifs is 5. The number of nitrogens with zero attached hydrogens (tertiary/aromatic N) is 1. The van der Waals surface area contributed by atoms with Crippen molar-refractivity contribution in [1.82, 2.24) is 0 Å². The normalized spacial score (nSPS) is 38.1. The van der Waals surface area contributed by atoms with E-state index < -0.39 is 0 Å². The maximum Gasteiger partial charge on any atom is 0.282 e. The fraction of sp³-hybridized carbons (Fsp3) is 0.571. The maximum atomic E-state index is 10.8. The molecular weight excluding hydrogens is 355 g/mol. The molecule has 3 aliphatic carbocycles. The van der Waals surface area contributed by atoms with Gasteiger partial charge < -0.3 is 5.32 Å². The molecule has 3 aliphatic rings. The number of anilines is 1. The molecule has 0 aromatic heterocycles. The van der Waals surface area contributed by atoms with Gasteiger partial charge in [0.2, 0.25) is 0 Å². The van der Waals surface area contributed by atoms with Gasteiger partial charge in [0.15, 0.2) is 0 Å². The van der Waals surface area contributed by atoms with E-state index in [4.69, 9.17) is 0 Å². The zero-order valence-electron chi connectivity index (χ0n) is 10.4. The van der Waals surface area contributed by atoms with E-state index in [0.717, 1.165) is 29.4 Å². The van der Waals surface area contributed by atoms with Crippen LogP contribution in [0.15, 0.2) is 18.2 Å². The molecule has 0 amide bonds. The summed E-state index contributed by atoms with van der Waals surface area (Å²) in [5, 5.41) is 14.4. The molecule has 4 atom stereocenters. The van der Waals surface area contributed by atoms with Gasteiger partial charge >= 0.3 is 0 Å². The largest absolute Gasteiger partial charge is 0.382 e. The summed E-state index contributed by atoms with van der Waals surface area (Å²) in [6.45, 7) is 0. The standard InChI is InChI=1S/C14H15IN2O2/c15-10-6-9(3-4-11(10)17(18)19)16-14-12-7-1-2-8(5-7)13(12)14/h3-4,6-8,12-14,16H,1-2,5H2. The van der Waals surface area contributed by atoms with Crippen LogP contribution in [0.2, 0.25) is 0 Å². The van der Waals surface area contributed by atoms with Crippen LogP contribution in [-0.4, -0.2) is 11.0 Å². The van der Waals surface area contributed by atoms with Crippen molar-refractivity contribution in [2.45, 2.75) is 25.3 Å². The first-order valence-electron chi connectivity index (χ1n) is 6.85. The Balaban J connectivity index is 1.50. The minimum absolute atomic E-state index is 0.196. The molecule has 4 rings (SSSR count). The van der Waals surface area contributed by atoms with E-state index in [0.29, 0.717) is 9.61 Å². The molecule has 1 aromatic rings. The van der Waals surface area contributed by atoms with Gasteiger partial charge in [-0.15, -0.1) is 0 Å². The number of hydrogen-bond acceptors (Lipinski definition) is 3. The van der Waals surface area contributed by atoms with Crippen LogP contribution in [0, 0.1) is 37.4 Å². The Morgan fingerprint density at radius 1 is 1.26 bits per heavy atom. The summed E-state index contributed by atoms with van der Waals surface area (Å²) in [4.78, 5) is 10.5. The van der Waals surface area contributed by atoms with E-state index in [1.165, 1.54) is 19.3 Å². The molecule has 0 heterocycles. The molecule has 0 saturated heterocycles. The Bertz CT molecular complexity index is 546. The van der Waals surface area contributed by atoms with Crippen molar-refractivity contribution in [2.75, 3.05) is 5.32 Å². The third kappa shape index (κ3) is 1.77. The van der Waals surface area contributed by atoms with Crippen LogP contribution in [0.1, 0.15) is 19.3 Å². The zero-order chi connectivity index (χ0) is 13.1. The van der Waals surface area contributed by atoms with Gasteiger partial charge in [0.1, 0.15) is 0 Å². The van der Waals surface area contributed by atoms with Crippen LogP contribution in [0.3, 0.4) is 0 Å². The van der Waals surface area contributed by atoms with Crippen molar-refractivity contribution in [3.05, 3.63) is 31.9 Å². The highest BCUT2D eigenvalue weighted by atomic mass is 127. The molecular formula is C14H15IN2O2. The highest BCUT2D eigenvalue weighted by Crippen LogP contribution is 2.66. The van der Waals surface area contributed by atoms with Crippen LogP contribution in [0.5, 0.6) is 0 Å². The van der Waals surface area contributed by atoms with Crippen LogP contribution in [-0.2, 0) is 0 Å². The van der Waals surface area contributed by atoms with E-state index >= 15 is 0 Å². The minimum Gasteiger partial charge on any atom is -0.382 e. The van der Waals surface area contributed by atoms with Gasteiger partial charge in [-0.2, -0.15) is 0 Å². The Hall–Kier alpha value is -0.850. The Morgan fingerprint density at radius 2 is 1.95 bits per heavy atom. The number of benzene rings is 1. The predicted molar refractivity (Wildman–Crippen MR) is 81.0 cm³/mol. The molecule has 3 saturated carbocycles. The summed E-state index contributed by atoms with van der Waals surface area (Å²) < 4.78 is 0.710. The highest BCUT2D eigenvalue weighted by Gasteiger charge is 2.64. The number of halogens is 1. The zero-order valence-corrected chi connectivity index (χ0v) is 12.5. The Morgan fingerprint density at radius 3 is 2.53 bits per heavy atom. The lowest BCUT2D eigenvalue weighted by molar-refractivity contribution is -0.385. The van der Waals surface area contributed by atoms with Gasteiger partial charge in [-0.1, -0.05) is 0 Å². The van der Waals surface area contributed by atoms with Crippen LogP contribution in [0.4, 0.5) is 11.4 Å². The molecule has 2 bridgehead atoms. The second-order valence-electron chi connectivity index (χ2n) is 6.08. The lowest BCUT2D eigenvalue weighted by Crippen LogP contribution is -2.12. The van der Waals surface area contributed by atoms with E-state index in [9.17, 15) is 10.1 Å². The fourth-order valence-electron chi connectivity index (χ4n) is 4.46. The first kappa shape index (κ1) is 11.9. The second-order valence-corrected chi connectivity index (χ2v) is 7.24. The summed E-state index contributed by atoms with van der Waals surface area (Å²) in [7, 11) is 0. The number of nitro groups is 1. The fourth-order valence-corrected chi connectivity index (χ4v) is 5.17. The molecule has 0 radical (unpaired) electrons. The Labute approximate surface area is 125 Å². The third-order valence-corrected chi connectivity index (χ3v) is 6.08. The number of hydrogen-bond donors (Lipinski definition) is 1. The van der Waals surface area contributed by atoms with E-state index in [-0.39, 0.29) is 10.6 Å². The summed E-state index contributed by atoms with van der Waals surface area (Å²) in [6.07, 6.45) is 4.29. The maximum absolute atomic E-state index is 10.8. The van der Waals surface area contributed by atoms with Gasteiger partial charge in [-0.3, -0.25) is 10.1 Å². The highest BCUT2D eigenvalue weighted by molar-refractivity contribution is 14.1. The smallest absolute Gasteiger partial charge is 0.282 e. The molecule has 5 heteroatoms. The van der Waals surface area contributed by atoms with E-state index in [1.54, 1.807) is 6.07 Å². The molecule has 4 unspecified atom stereocenters. The van der Waals surface area contributed by atoms with Crippen molar-refractivity contribution in [3.8, 4) is 0 Å². The Kier molecular flexibility index (Phi) is 2.56. The van der Waals surface area contributed by atoms with Crippen molar-refractivity contribution in [3.63, 3.8) is 0 Å². The monoisotopic (exact) mass is 370 g/mol. The van der Waals surface area contributed by atoms with Crippen LogP contribution >= 0.6 is 22.6 Å². The SMILES string of the molecule is O=[N+]([O-])c1ccc(NC2C3C4CCC(C4)C23)cc1I. The van der Waals surface area contributed by atoms with Crippen molar-refractivity contribution in [1.29, 1.82) is 0 Å². The molecule has 100 valence electrons. The quantitative estimate of drug-likeness (QED) is 0.502. The van der Waals surface area contributed by atoms with Crippen molar-refractivity contribution < 1.29 is 4.92 Å². The van der Waals surface area contributed by atoms with Gasteiger partial charge in [0.25, 0.3) is 5.69 Å². The van der Waals surface area contributed by atoms with Crippen LogP contribution < -0.4 is 5.32 Å². The molecule has 1 aromatic carbocycles. The first-order valence-corrected chi connectivity index (χ1v) is 7.93. The average Bonchev–Trinajstić information content (AvgIpc) is 2.78. The van der Waals surface area contributed by atoms with Gasteiger partial charge in [-0.25, -0.2) is 0 Å². The molecule has 1 N–H and O–H groups in total. The molecule has 3 fully saturated rings. The first-order chi connectivity index (χ1) is 9.15. The predicted octanol–water partition coefficient (Wildman–Crippen LogP) is 3.66. The number of nitro benzene ring substituents is 1. The van der Waals surface area contributed by atoms with Crippen molar-refractivity contribution in [2.24, 2.45) is 23.7 Å². The van der Waals surface area contributed by atoms with Gasteiger partial charge in [0, 0.05) is 17.8 Å². The summed E-state index contributed by atoms with van der Waals surface area (Å²) in [5.41, 5.74) is 1.23. The van der Waals surface area contributed by atoms with Crippen molar-refractivity contribution >= 4 is 34.0 Å². The van der Waals surface area contributed by atoms with Crippen LogP contribution in [0.25, 0.3) is 0 Å². The number of rotatable bonds is 3. The topological polar surface area (TPSA) is 55.2 Å². The van der Waals surface area contributed by atoms with E-state index in [2.05, 4.69) is 5.32 Å². The number of nitrogens with one attached hydrogen (secondary N) is 1. The molecule has 19 heavy (non-hydrogen) atoms. The van der Waals surface area contributed by atoms with E-state index in [1.807, 2.05) is 34.7 Å². The summed E-state index contributed by atoms with van der Waals surface area (Å²) in [6, 6.07) is 5.98. The summed E-state index contributed by atoms with van der Waals surface area (Å²) in [5.74, 6) is 3.66. The molecule has 0 spiro atoms. The molecule has 4 nitrogen and oxygen atoms in total. The lowest BCUT2D eigenvalue weighted by atomic mass is 10.0. The second kappa shape index (κ2) is 4.07. The lowest BCUT2D eigenvalue weighted by Gasteiger charge is -2.12. The third-order valence-electron chi connectivity index (χ3n) is 5.21. The molecule has 0 aliphatic heterocycles. The van der Waals surface area contributed by atoms with Gasteiger partial charge in [0.05, 0.1) is 8.49 Å². The van der Waals surface area contributed by atoms with Gasteiger partial charge in [-0.05, 0) is 77.7 Å². The summed E-state index contributed by atoms with van der Waals surface area (Å²) >= 11 is 2.04. The average molecular weight is 370 g/mol. The minimum atomic E-state index is -0.322.